The second-order valence-corrected chi connectivity index (χ2v) is 6.52. The van der Waals surface area contributed by atoms with Gasteiger partial charge in [-0.25, -0.2) is 8.78 Å². The maximum absolute atomic E-state index is 13.7. The topological polar surface area (TPSA) is 12.0 Å². The maximum atomic E-state index is 13.7. The molecule has 3 rings (SSSR count). The Hall–Kier alpha value is -1.39. The fourth-order valence-corrected chi connectivity index (χ4v) is 3.09. The quantitative estimate of drug-likeness (QED) is 0.861. The van der Waals surface area contributed by atoms with E-state index in [0.29, 0.717) is 10.9 Å². The van der Waals surface area contributed by atoms with Crippen LogP contribution in [0.1, 0.15) is 24.0 Å². The molecule has 1 aliphatic carbocycles. The number of benzene rings is 2. The van der Waals surface area contributed by atoms with Crippen LogP contribution >= 0.6 is 11.8 Å². The van der Waals surface area contributed by atoms with Crippen molar-refractivity contribution in [3.05, 3.63) is 59.2 Å². The van der Waals surface area contributed by atoms with E-state index >= 15 is 0 Å². The lowest BCUT2D eigenvalue weighted by molar-refractivity contribution is 0.577. The summed E-state index contributed by atoms with van der Waals surface area (Å²) in [5, 5.41) is 3.47. The van der Waals surface area contributed by atoms with Crippen molar-refractivity contribution in [3.8, 4) is 0 Å². The second-order valence-electron chi connectivity index (χ2n) is 5.43. The largest absolute Gasteiger partial charge is 0.310 e. The predicted molar refractivity (Wildman–Crippen MR) is 81.5 cm³/mol. The third kappa shape index (κ3) is 3.83. The lowest BCUT2D eigenvalue weighted by atomic mass is 10.1. The molecular formula is C17H17F2NS. The number of hydrogen-bond donors (Lipinski definition) is 1. The summed E-state index contributed by atoms with van der Waals surface area (Å²) in [5.41, 5.74) is 2.31. The van der Waals surface area contributed by atoms with E-state index in [2.05, 4.69) is 11.4 Å². The highest BCUT2D eigenvalue weighted by Crippen LogP contribution is 2.33. The van der Waals surface area contributed by atoms with E-state index in [1.165, 1.54) is 42.3 Å². The van der Waals surface area contributed by atoms with E-state index in [1.54, 1.807) is 0 Å². The first-order valence-corrected chi connectivity index (χ1v) is 7.89. The highest BCUT2D eigenvalue weighted by atomic mass is 32.2. The lowest BCUT2D eigenvalue weighted by Gasteiger charge is -2.10. The van der Waals surface area contributed by atoms with Crippen molar-refractivity contribution in [2.45, 2.75) is 42.1 Å². The monoisotopic (exact) mass is 305 g/mol. The van der Waals surface area contributed by atoms with Gasteiger partial charge in [-0.3, -0.25) is 0 Å². The normalized spacial score (nSPS) is 14.4. The Balaban J connectivity index is 1.74. The standard InChI is InChI=1S/C17H17F2NS/c1-11-8-12(10-20-14-4-5-14)2-7-16(11)21-17-9-13(18)3-6-15(17)19/h2-3,6-9,14,20H,4-5,10H2,1H3. The Bertz CT molecular complexity index is 653. The molecule has 0 saturated heterocycles. The molecule has 4 heteroatoms. The molecule has 0 bridgehead atoms. The summed E-state index contributed by atoms with van der Waals surface area (Å²) in [5.74, 6) is -0.804. The molecule has 0 atom stereocenters. The molecular weight excluding hydrogens is 288 g/mol. The summed E-state index contributed by atoms with van der Waals surface area (Å²) in [4.78, 5) is 1.27. The van der Waals surface area contributed by atoms with Crippen LogP contribution in [0, 0.1) is 18.6 Å². The molecule has 1 fully saturated rings. The van der Waals surface area contributed by atoms with Gasteiger partial charge >= 0.3 is 0 Å². The van der Waals surface area contributed by atoms with Crippen molar-refractivity contribution in [2.24, 2.45) is 0 Å². The van der Waals surface area contributed by atoms with Crippen LogP contribution in [0.25, 0.3) is 0 Å². The minimum atomic E-state index is -0.415. The molecule has 2 aromatic rings. The zero-order valence-corrected chi connectivity index (χ0v) is 12.6. The average Bonchev–Trinajstić information content (AvgIpc) is 3.27. The predicted octanol–water partition coefficient (Wildman–Crippen LogP) is 4.68. The van der Waals surface area contributed by atoms with Gasteiger partial charge in [0.15, 0.2) is 0 Å². The van der Waals surface area contributed by atoms with Crippen molar-refractivity contribution in [2.75, 3.05) is 0 Å². The molecule has 0 amide bonds. The van der Waals surface area contributed by atoms with Crippen LogP contribution in [0.5, 0.6) is 0 Å². The van der Waals surface area contributed by atoms with Crippen molar-refractivity contribution in [1.82, 2.24) is 5.32 Å². The van der Waals surface area contributed by atoms with Gasteiger partial charge < -0.3 is 5.32 Å². The van der Waals surface area contributed by atoms with Crippen LogP contribution in [0.4, 0.5) is 8.78 Å². The van der Waals surface area contributed by atoms with E-state index in [0.717, 1.165) is 23.1 Å². The number of hydrogen-bond acceptors (Lipinski definition) is 2. The summed E-state index contributed by atoms with van der Waals surface area (Å²) in [6.45, 7) is 2.87. The Labute approximate surface area is 127 Å². The molecule has 0 aliphatic heterocycles. The van der Waals surface area contributed by atoms with Gasteiger partial charge in [0.25, 0.3) is 0 Å². The SMILES string of the molecule is Cc1cc(CNC2CC2)ccc1Sc1cc(F)ccc1F. The third-order valence-electron chi connectivity index (χ3n) is 3.52. The molecule has 110 valence electrons. The van der Waals surface area contributed by atoms with Gasteiger partial charge in [0.2, 0.25) is 0 Å². The van der Waals surface area contributed by atoms with Gasteiger partial charge in [-0.15, -0.1) is 0 Å². The highest BCUT2D eigenvalue weighted by Gasteiger charge is 2.20. The first-order valence-electron chi connectivity index (χ1n) is 7.07. The Kier molecular flexibility index (Phi) is 4.27. The van der Waals surface area contributed by atoms with Gasteiger partial charge in [0.1, 0.15) is 11.6 Å². The zero-order chi connectivity index (χ0) is 14.8. The Morgan fingerprint density at radius 2 is 1.90 bits per heavy atom. The number of halogens is 2. The summed E-state index contributed by atoms with van der Waals surface area (Å²) >= 11 is 1.27. The average molecular weight is 305 g/mol. The minimum absolute atomic E-state index is 0.321. The fourth-order valence-electron chi connectivity index (χ4n) is 2.16. The van der Waals surface area contributed by atoms with Crippen LogP contribution in [-0.2, 0) is 6.54 Å². The summed E-state index contributed by atoms with van der Waals surface area (Å²) < 4.78 is 26.9. The molecule has 1 N–H and O–H groups in total. The van der Waals surface area contributed by atoms with Crippen LogP contribution in [0.15, 0.2) is 46.2 Å². The van der Waals surface area contributed by atoms with Gasteiger partial charge in [-0.05, 0) is 55.2 Å². The molecule has 1 aliphatic rings. The van der Waals surface area contributed by atoms with Crippen molar-refractivity contribution >= 4 is 11.8 Å². The Morgan fingerprint density at radius 1 is 1.10 bits per heavy atom. The summed E-state index contributed by atoms with van der Waals surface area (Å²) in [6.07, 6.45) is 2.54. The summed E-state index contributed by atoms with van der Waals surface area (Å²) in [7, 11) is 0. The first-order chi connectivity index (χ1) is 10.1. The highest BCUT2D eigenvalue weighted by molar-refractivity contribution is 7.99. The first kappa shape index (κ1) is 14.5. The fraction of sp³-hybridized carbons (Fsp3) is 0.294. The number of rotatable bonds is 5. The van der Waals surface area contributed by atoms with Gasteiger partial charge in [0, 0.05) is 17.5 Å². The molecule has 1 nitrogen and oxygen atoms in total. The smallest absolute Gasteiger partial charge is 0.137 e. The molecule has 0 radical (unpaired) electrons. The molecule has 1 saturated carbocycles. The zero-order valence-electron chi connectivity index (χ0n) is 11.8. The second kappa shape index (κ2) is 6.16. The van der Waals surface area contributed by atoms with E-state index in [4.69, 9.17) is 0 Å². The van der Waals surface area contributed by atoms with Gasteiger partial charge in [-0.2, -0.15) is 0 Å². The number of nitrogens with one attached hydrogen (secondary N) is 1. The van der Waals surface area contributed by atoms with E-state index in [9.17, 15) is 8.78 Å². The number of aryl methyl sites for hydroxylation is 1. The van der Waals surface area contributed by atoms with E-state index in [1.807, 2.05) is 19.1 Å². The van der Waals surface area contributed by atoms with Crippen LogP contribution in [0.3, 0.4) is 0 Å². The summed E-state index contributed by atoms with van der Waals surface area (Å²) in [6, 6.07) is 10.4. The van der Waals surface area contributed by atoms with Crippen molar-refractivity contribution in [1.29, 1.82) is 0 Å². The van der Waals surface area contributed by atoms with Crippen LogP contribution in [-0.4, -0.2) is 6.04 Å². The van der Waals surface area contributed by atoms with Gasteiger partial charge in [0.05, 0.1) is 4.90 Å². The van der Waals surface area contributed by atoms with Crippen molar-refractivity contribution in [3.63, 3.8) is 0 Å². The molecule has 0 spiro atoms. The van der Waals surface area contributed by atoms with Gasteiger partial charge in [-0.1, -0.05) is 23.9 Å². The molecule has 0 heterocycles. The molecule has 0 aromatic heterocycles. The molecule has 0 unspecified atom stereocenters. The molecule has 21 heavy (non-hydrogen) atoms. The van der Waals surface area contributed by atoms with E-state index in [-0.39, 0.29) is 5.82 Å². The minimum Gasteiger partial charge on any atom is -0.310 e. The van der Waals surface area contributed by atoms with E-state index < -0.39 is 5.82 Å². The van der Waals surface area contributed by atoms with Crippen molar-refractivity contribution < 1.29 is 8.78 Å². The van der Waals surface area contributed by atoms with Crippen LogP contribution < -0.4 is 5.32 Å². The maximum Gasteiger partial charge on any atom is 0.137 e. The third-order valence-corrected chi connectivity index (χ3v) is 4.74. The lowest BCUT2D eigenvalue weighted by Crippen LogP contribution is -2.15. The Morgan fingerprint density at radius 3 is 2.62 bits per heavy atom. The molecule has 2 aromatic carbocycles. The van der Waals surface area contributed by atoms with Crippen LogP contribution in [0.2, 0.25) is 0 Å².